The normalized spacial score (nSPS) is 11.4. The maximum Gasteiger partial charge on any atom is 0.335 e. The molecule has 0 aliphatic heterocycles. The molecule has 0 amide bonds. The van der Waals surface area contributed by atoms with Crippen molar-refractivity contribution in [2.24, 2.45) is 0 Å². The first-order valence-electron chi connectivity index (χ1n) is 10.5. The van der Waals surface area contributed by atoms with Crippen molar-refractivity contribution >= 4 is 49.3 Å². The molecule has 0 aliphatic carbocycles. The van der Waals surface area contributed by atoms with Gasteiger partial charge in [0.15, 0.2) is 0 Å². The Morgan fingerprint density at radius 1 is 0.688 bits per heavy atom. The largest absolute Gasteiger partial charge is 0.423 e. The highest BCUT2D eigenvalue weighted by Crippen LogP contribution is 2.40. The Bertz CT molecular complexity index is 1580. The van der Waals surface area contributed by atoms with Gasteiger partial charge in [-0.3, -0.25) is 0 Å². The second kappa shape index (κ2) is 7.10. The Kier molecular flexibility index (Phi) is 4.08. The minimum atomic E-state index is -0.465. The maximum atomic E-state index is 11.5. The molecule has 3 nitrogen and oxygen atoms in total. The molecular weight excluding hydrogens is 394 g/mol. The molecule has 152 valence electrons. The summed E-state index contributed by atoms with van der Waals surface area (Å²) in [5, 5.41) is 7.41. The van der Waals surface area contributed by atoms with Crippen LogP contribution < -0.4 is 4.74 Å². The number of ether oxygens (including phenoxy) is 1. The third-order valence-electron chi connectivity index (χ3n) is 6.03. The molecule has 1 aromatic heterocycles. The Morgan fingerprint density at radius 2 is 1.22 bits per heavy atom. The number of nitrogens with zero attached hydrogens (tertiary/aromatic N) is 1. The van der Waals surface area contributed by atoms with Gasteiger partial charge in [0.05, 0.1) is 11.0 Å². The summed E-state index contributed by atoms with van der Waals surface area (Å²) >= 11 is 0. The van der Waals surface area contributed by atoms with Crippen LogP contribution in [-0.2, 0) is 4.79 Å². The van der Waals surface area contributed by atoms with Gasteiger partial charge in [0, 0.05) is 22.5 Å². The van der Waals surface area contributed by atoms with Gasteiger partial charge in [0.2, 0.25) is 0 Å². The Labute approximate surface area is 184 Å². The van der Waals surface area contributed by atoms with E-state index < -0.39 is 5.97 Å². The molecule has 0 radical (unpaired) electrons. The standard InChI is InChI=1S/C29H19NO2/c1-2-27(31)32-22-15-13-21(14-16-22)30-25-17-11-19-7-3-5-9-23(19)28(25)29-24-10-6-4-8-20(24)12-18-26(29)30/h2-18H,1H2. The summed E-state index contributed by atoms with van der Waals surface area (Å²) in [6.45, 7) is 3.45. The molecule has 0 saturated heterocycles. The number of rotatable bonds is 3. The second-order valence-electron chi connectivity index (χ2n) is 7.82. The molecule has 6 rings (SSSR count). The lowest BCUT2D eigenvalue weighted by molar-refractivity contribution is -0.128. The number of hydrogen-bond acceptors (Lipinski definition) is 2. The van der Waals surface area contributed by atoms with Gasteiger partial charge in [-0.25, -0.2) is 4.79 Å². The van der Waals surface area contributed by atoms with Crippen molar-refractivity contribution in [3.63, 3.8) is 0 Å². The highest BCUT2D eigenvalue weighted by atomic mass is 16.5. The van der Waals surface area contributed by atoms with E-state index in [4.69, 9.17) is 4.74 Å². The minimum absolute atomic E-state index is 0.465. The van der Waals surface area contributed by atoms with Gasteiger partial charge < -0.3 is 9.30 Å². The Morgan fingerprint density at radius 3 is 1.75 bits per heavy atom. The zero-order valence-corrected chi connectivity index (χ0v) is 17.3. The first-order chi connectivity index (χ1) is 15.7. The van der Waals surface area contributed by atoms with Gasteiger partial charge in [-0.2, -0.15) is 0 Å². The number of fused-ring (bicyclic) bond motifs is 7. The first-order valence-corrected chi connectivity index (χ1v) is 10.5. The van der Waals surface area contributed by atoms with Crippen molar-refractivity contribution in [2.75, 3.05) is 0 Å². The fourth-order valence-electron chi connectivity index (χ4n) is 4.65. The molecule has 6 aromatic rings. The van der Waals surface area contributed by atoms with Crippen LogP contribution in [0.3, 0.4) is 0 Å². The van der Waals surface area contributed by atoms with Crippen molar-refractivity contribution in [1.82, 2.24) is 4.57 Å². The average Bonchev–Trinajstić information content (AvgIpc) is 3.20. The van der Waals surface area contributed by atoms with Crippen LogP contribution in [0.5, 0.6) is 5.75 Å². The molecule has 0 unspecified atom stereocenters. The monoisotopic (exact) mass is 413 g/mol. The number of carbonyl (C=O) groups excluding carboxylic acids is 1. The van der Waals surface area contributed by atoms with E-state index in [1.165, 1.54) is 32.3 Å². The molecular formula is C29H19NO2. The quantitative estimate of drug-likeness (QED) is 0.175. The number of carbonyl (C=O) groups is 1. The molecule has 0 aliphatic rings. The highest BCUT2D eigenvalue weighted by Gasteiger charge is 2.17. The minimum Gasteiger partial charge on any atom is -0.423 e. The van der Waals surface area contributed by atoms with Crippen molar-refractivity contribution in [1.29, 1.82) is 0 Å². The molecule has 0 atom stereocenters. The van der Waals surface area contributed by atoms with Gasteiger partial charge in [-0.15, -0.1) is 0 Å². The van der Waals surface area contributed by atoms with Crippen LogP contribution in [0.2, 0.25) is 0 Å². The summed E-state index contributed by atoms with van der Waals surface area (Å²) in [5.74, 6) is 0.0304. The van der Waals surface area contributed by atoms with Crippen LogP contribution >= 0.6 is 0 Å². The fraction of sp³-hybridized carbons (Fsp3) is 0. The summed E-state index contributed by atoms with van der Waals surface area (Å²) in [4.78, 5) is 11.5. The molecule has 3 heteroatoms. The molecule has 5 aromatic carbocycles. The summed E-state index contributed by atoms with van der Waals surface area (Å²) < 4.78 is 7.54. The van der Waals surface area contributed by atoms with E-state index in [1.54, 1.807) is 0 Å². The molecule has 0 spiro atoms. The lowest BCUT2D eigenvalue weighted by Gasteiger charge is -2.09. The zero-order valence-electron chi connectivity index (χ0n) is 17.3. The molecule has 0 N–H and O–H groups in total. The van der Waals surface area contributed by atoms with Crippen LogP contribution in [0.15, 0.2) is 110 Å². The zero-order chi connectivity index (χ0) is 21.7. The van der Waals surface area contributed by atoms with E-state index in [9.17, 15) is 4.79 Å². The lowest BCUT2D eigenvalue weighted by atomic mass is 10.00. The van der Waals surface area contributed by atoms with Crippen LogP contribution in [0, 0.1) is 0 Å². The molecule has 32 heavy (non-hydrogen) atoms. The summed E-state index contributed by atoms with van der Waals surface area (Å²) in [6.07, 6.45) is 1.16. The SMILES string of the molecule is C=CC(=O)Oc1ccc(-n2c3ccc4ccccc4c3c3c4ccccc4ccc32)cc1. The van der Waals surface area contributed by atoms with Crippen molar-refractivity contribution in [2.45, 2.75) is 0 Å². The topological polar surface area (TPSA) is 31.2 Å². The molecule has 0 fully saturated rings. The van der Waals surface area contributed by atoms with E-state index in [2.05, 4.69) is 83.9 Å². The molecule has 0 saturated carbocycles. The number of esters is 1. The van der Waals surface area contributed by atoms with Gasteiger partial charge in [0.25, 0.3) is 0 Å². The Balaban J connectivity index is 1.71. The fourth-order valence-corrected chi connectivity index (χ4v) is 4.65. The van der Waals surface area contributed by atoms with Gasteiger partial charge in [0.1, 0.15) is 5.75 Å². The predicted octanol–water partition coefficient (Wildman–Crippen LogP) is 7.18. The van der Waals surface area contributed by atoms with Crippen molar-refractivity contribution in [3.05, 3.63) is 110 Å². The maximum absolute atomic E-state index is 11.5. The van der Waals surface area contributed by atoms with E-state index in [1.807, 2.05) is 24.3 Å². The average molecular weight is 413 g/mol. The highest BCUT2D eigenvalue weighted by molar-refractivity contribution is 6.28. The summed E-state index contributed by atoms with van der Waals surface area (Å²) in [7, 11) is 0. The van der Waals surface area contributed by atoms with Crippen molar-refractivity contribution in [3.8, 4) is 11.4 Å². The number of hydrogen-bond donors (Lipinski definition) is 0. The van der Waals surface area contributed by atoms with Gasteiger partial charge in [-0.05, 0) is 57.9 Å². The second-order valence-corrected chi connectivity index (χ2v) is 7.82. The third kappa shape index (κ3) is 2.72. The lowest BCUT2D eigenvalue weighted by Crippen LogP contribution is -2.03. The smallest absolute Gasteiger partial charge is 0.335 e. The van der Waals surface area contributed by atoms with Crippen molar-refractivity contribution < 1.29 is 9.53 Å². The van der Waals surface area contributed by atoms with E-state index in [0.29, 0.717) is 5.75 Å². The van der Waals surface area contributed by atoms with Crippen LogP contribution in [0.1, 0.15) is 0 Å². The van der Waals surface area contributed by atoms with Gasteiger partial charge in [-0.1, -0.05) is 67.2 Å². The van der Waals surface area contributed by atoms with E-state index in [0.717, 1.165) is 22.8 Å². The Hall–Kier alpha value is -4.37. The summed E-state index contributed by atoms with van der Waals surface area (Å²) in [6, 6.07) is 33.4. The molecule has 1 heterocycles. The van der Waals surface area contributed by atoms with E-state index in [-0.39, 0.29) is 0 Å². The third-order valence-corrected chi connectivity index (χ3v) is 6.03. The summed E-state index contributed by atoms with van der Waals surface area (Å²) in [5.41, 5.74) is 3.30. The number of benzene rings is 5. The van der Waals surface area contributed by atoms with Crippen LogP contribution in [-0.4, -0.2) is 10.5 Å². The van der Waals surface area contributed by atoms with E-state index >= 15 is 0 Å². The van der Waals surface area contributed by atoms with Crippen LogP contribution in [0.25, 0.3) is 49.0 Å². The molecule has 0 bridgehead atoms. The predicted molar refractivity (Wildman–Crippen MR) is 132 cm³/mol. The first kappa shape index (κ1) is 18.4. The van der Waals surface area contributed by atoms with Gasteiger partial charge >= 0.3 is 5.97 Å². The van der Waals surface area contributed by atoms with Crippen LogP contribution in [0.4, 0.5) is 0 Å². The number of aromatic nitrogens is 1.